The zero-order valence-corrected chi connectivity index (χ0v) is 13.3. The maximum absolute atomic E-state index is 10.8. The number of ether oxygens (including phenoxy) is 4. The number of carbonyl (C=O) groups excluding carboxylic acids is 1. The fraction of sp³-hybridized carbons (Fsp3) is 0.500. The van der Waals surface area contributed by atoms with E-state index in [9.17, 15) is 4.79 Å². The summed E-state index contributed by atoms with van der Waals surface area (Å²) in [6, 6.07) is 3.35. The Hall–Kier alpha value is -1.11. The van der Waals surface area contributed by atoms with Gasteiger partial charge in [0.2, 0.25) is 0 Å². The van der Waals surface area contributed by atoms with Crippen LogP contribution < -0.4 is 9.47 Å². The van der Waals surface area contributed by atoms with Gasteiger partial charge in [-0.2, -0.15) is 0 Å². The van der Waals surface area contributed by atoms with Gasteiger partial charge in [-0.05, 0) is 35.0 Å². The van der Waals surface area contributed by atoms with Gasteiger partial charge in [0.25, 0.3) is 0 Å². The maximum Gasteiger partial charge on any atom is 0.175 e. The van der Waals surface area contributed by atoms with Gasteiger partial charge in [-0.3, -0.25) is 4.79 Å². The minimum absolute atomic E-state index is 0.392. The number of benzene rings is 1. The summed E-state index contributed by atoms with van der Waals surface area (Å²) in [5.41, 5.74) is 0.531. The molecular formula is C14H19BrO5. The molecule has 0 aliphatic carbocycles. The van der Waals surface area contributed by atoms with Crippen LogP contribution in [-0.4, -0.2) is 46.4 Å². The third-order valence-electron chi connectivity index (χ3n) is 2.37. The number of hydrogen-bond acceptors (Lipinski definition) is 5. The van der Waals surface area contributed by atoms with Gasteiger partial charge in [0.15, 0.2) is 11.5 Å². The molecule has 0 saturated carbocycles. The molecule has 0 unspecified atom stereocenters. The number of rotatable bonds is 10. The summed E-state index contributed by atoms with van der Waals surface area (Å²) in [4.78, 5) is 10.8. The van der Waals surface area contributed by atoms with Crippen LogP contribution in [0.15, 0.2) is 16.6 Å². The molecule has 1 rings (SSSR count). The highest BCUT2D eigenvalue weighted by Crippen LogP contribution is 2.36. The highest BCUT2D eigenvalue weighted by molar-refractivity contribution is 9.10. The first-order valence-electron chi connectivity index (χ1n) is 6.34. The first-order valence-corrected chi connectivity index (χ1v) is 7.13. The second-order valence-corrected chi connectivity index (χ2v) is 4.69. The highest BCUT2D eigenvalue weighted by atomic mass is 79.9. The summed E-state index contributed by atoms with van der Waals surface area (Å²) in [6.45, 7) is 4.31. The molecule has 0 fully saturated rings. The molecule has 0 spiro atoms. The molecule has 0 aliphatic rings. The highest BCUT2D eigenvalue weighted by Gasteiger charge is 2.12. The molecule has 1 aromatic carbocycles. The van der Waals surface area contributed by atoms with Crippen molar-refractivity contribution < 1.29 is 23.7 Å². The normalized spacial score (nSPS) is 10.3. The molecule has 20 heavy (non-hydrogen) atoms. The van der Waals surface area contributed by atoms with E-state index in [0.29, 0.717) is 54.6 Å². The fourth-order valence-corrected chi connectivity index (χ4v) is 2.08. The Bertz CT molecular complexity index is 422. The van der Waals surface area contributed by atoms with Crippen molar-refractivity contribution in [3.05, 3.63) is 22.2 Å². The fourth-order valence-electron chi connectivity index (χ4n) is 1.51. The standard InChI is InChI=1S/C14H19BrO5/c1-3-19-13-9-11(10-16)8-12(15)14(13)20-7-6-18-5-4-17-2/h8-10H,3-7H2,1-2H3. The van der Waals surface area contributed by atoms with Crippen LogP contribution in [-0.2, 0) is 9.47 Å². The molecule has 0 aliphatic heterocycles. The summed E-state index contributed by atoms with van der Waals surface area (Å²) >= 11 is 3.38. The van der Waals surface area contributed by atoms with Crippen LogP contribution >= 0.6 is 15.9 Å². The summed E-state index contributed by atoms with van der Waals surface area (Å²) < 4.78 is 22.0. The Balaban J connectivity index is 2.60. The molecule has 0 heterocycles. The van der Waals surface area contributed by atoms with Crippen LogP contribution in [0, 0.1) is 0 Å². The van der Waals surface area contributed by atoms with Crippen molar-refractivity contribution in [3.8, 4) is 11.5 Å². The zero-order chi connectivity index (χ0) is 14.8. The van der Waals surface area contributed by atoms with E-state index in [-0.39, 0.29) is 0 Å². The number of methoxy groups -OCH3 is 1. The summed E-state index contributed by atoms with van der Waals surface area (Å²) in [5, 5.41) is 0. The predicted octanol–water partition coefficient (Wildman–Crippen LogP) is 2.70. The predicted molar refractivity (Wildman–Crippen MR) is 78.9 cm³/mol. The number of aldehydes is 1. The summed E-state index contributed by atoms with van der Waals surface area (Å²) in [6.07, 6.45) is 0.769. The zero-order valence-electron chi connectivity index (χ0n) is 11.7. The molecule has 0 bridgehead atoms. The summed E-state index contributed by atoms with van der Waals surface area (Å²) in [5.74, 6) is 1.12. The minimum atomic E-state index is 0.392. The lowest BCUT2D eigenvalue weighted by atomic mass is 10.2. The van der Waals surface area contributed by atoms with Crippen LogP contribution in [0.1, 0.15) is 17.3 Å². The Morgan fingerprint density at radius 3 is 2.55 bits per heavy atom. The van der Waals surface area contributed by atoms with Crippen LogP contribution in [0.5, 0.6) is 11.5 Å². The largest absolute Gasteiger partial charge is 0.490 e. The maximum atomic E-state index is 10.8. The van der Waals surface area contributed by atoms with Crippen LogP contribution in [0.3, 0.4) is 0 Å². The summed E-state index contributed by atoms with van der Waals surface area (Å²) in [7, 11) is 1.62. The van der Waals surface area contributed by atoms with Crippen molar-refractivity contribution in [2.75, 3.05) is 40.1 Å². The van der Waals surface area contributed by atoms with E-state index >= 15 is 0 Å². The van der Waals surface area contributed by atoms with Gasteiger partial charge in [-0.25, -0.2) is 0 Å². The molecule has 0 atom stereocenters. The van der Waals surface area contributed by atoms with Crippen molar-refractivity contribution in [1.82, 2.24) is 0 Å². The first kappa shape index (κ1) is 16.9. The lowest BCUT2D eigenvalue weighted by molar-refractivity contribution is 0.0537. The lowest BCUT2D eigenvalue weighted by Crippen LogP contribution is -2.11. The van der Waals surface area contributed by atoms with E-state index in [0.717, 1.165) is 6.29 Å². The van der Waals surface area contributed by atoms with Crippen molar-refractivity contribution in [2.45, 2.75) is 6.92 Å². The van der Waals surface area contributed by atoms with Gasteiger partial charge in [0, 0.05) is 12.7 Å². The molecule has 0 aromatic heterocycles. The molecule has 0 saturated heterocycles. The van der Waals surface area contributed by atoms with Crippen molar-refractivity contribution in [1.29, 1.82) is 0 Å². The molecule has 6 heteroatoms. The van der Waals surface area contributed by atoms with Crippen LogP contribution in [0.25, 0.3) is 0 Å². The Labute approximate surface area is 127 Å². The van der Waals surface area contributed by atoms with Crippen LogP contribution in [0.4, 0.5) is 0 Å². The Kier molecular flexibility index (Phi) is 8.25. The topological polar surface area (TPSA) is 54.0 Å². The van der Waals surface area contributed by atoms with E-state index < -0.39 is 0 Å². The van der Waals surface area contributed by atoms with E-state index in [2.05, 4.69) is 15.9 Å². The Morgan fingerprint density at radius 1 is 1.15 bits per heavy atom. The number of hydrogen-bond donors (Lipinski definition) is 0. The second-order valence-electron chi connectivity index (χ2n) is 3.83. The van der Waals surface area contributed by atoms with Gasteiger partial charge in [0.05, 0.1) is 30.9 Å². The SMILES string of the molecule is CCOc1cc(C=O)cc(Br)c1OCCOCCOC. The molecule has 0 N–H and O–H groups in total. The lowest BCUT2D eigenvalue weighted by Gasteiger charge is -2.14. The van der Waals surface area contributed by atoms with Crippen molar-refractivity contribution in [2.24, 2.45) is 0 Å². The monoisotopic (exact) mass is 346 g/mol. The average Bonchev–Trinajstić information content (AvgIpc) is 2.44. The van der Waals surface area contributed by atoms with Crippen molar-refractivity contribution >= 4 is 22.2 Å². The molecule has 5 nitrogen and oxygen atoms in total. The van der Waals surface area contributed by atoms with Gasteiger partial charge in [-0.1, -0.05) is 0 Å². The minimum Gasteiger partial charge on any atom is -0.490 e. The number of halogens is 1. The van der Waals surface area contributed by atoms with E-state index in [4.69, 9.17) is 18.9 Å². The van der Waals surface area contributed by atoms with Gasteiger partial charge in [-0.15, -0.1) is 0 Å². The molecule has 112 valence electrons. The van der Waals surface area contributed by atoms with E-state index in [1.54, 1.807) is 19.2 Å². The quantitative estimate of drug-likeness (QED) is 0.481. The molecule has 1 aromatic rings. The van der Waals surface area contributed by atoms with Gasteiger partial charge >= 0.3 is 0 Å². The molecule has 0 radical (unpaired) electrons. The van der Waals surface area contributed by atoms with Gasteiger partial charge < -0.3 is 18.9 Å². The first-order chi connectivity index (χ1) is 9.72. The second kappa shape index (κ2) is 9.74. The van der Waals surface area contributed by atoms with Crippen LogP contribution in [0.2, 0.25) is 0 Å². The third-order valence-corrected chi connectivity index (χ3v) is 2.96. The molecular weight excluding hydrogens is 328 g/mol. The Morgan fingerprint density at radius 2 is 1.90 bits per heavy atom. The van der Waals surface area contributed by atoms with Crippen molar-refractivity contribution in [3.63, 3.8) is 0 Å². The van der Waals surface area contributed by atoms with E-state index in [1.165, 1.54) is 0 Å². The van der Waals surface area contributed by atoms with Gasteiger partial charge in [0.1, 0.15) is 12.9 Å². The third kappa shape index (κ3) is 5.48. The molecule has 0 amide bonds. The van der Waals surface area contributed by atoms with E-state index in [1.807, 2.05) is 6.92 Å². The smallest absolute Gasteiger partial charge is 0.175 e. The number of carbonyl (C=O) groups is 1. The average molecular weight is 347 g/mol.